The number of phenolic OH excluding ortho intramolecular Hbond substituents is 1. The molecule has 0 aliphatic heterocycles. The number of anilines is 1. The van der Waals surface area contributed by atoms with Crippen LogP contribution in [0.5, 0.6) is 5.75 Å². The van der Waals surface area contributed by atoms with Gasteiger partial charge >= 0.3 is 0 Å². The van der Waals surface area contributed by atoms with Gasteiger partial charge in [0.15, 0.2) is 5.58 Å². The molecule has 0 bridgehead atoms. The first-order valence-corrected chi connectivity index (χ1v) is 6.67. The van der Waals surface area contributed by atoms with E-state index >= 15 is 0 Å². The number of hydrogen-bond donors (Lipinski definition) is 1. The van der Waals surface area contributed by atoms with Crippen LogP contribution in [0, 0.1) is 0 Å². The van der Waals surface area contributed by atoms with E-state index in [2.05, 4.69) is 4.98 Å². The van der Waals surface area contributed by atoms with Crippen LogP contribution in [0.1, 0.15) is 11.5 Å². The highest BCUT2D eigenvalue weighted by Crippen LogP contribution is 2.25. The van der Waals surface area contributed by atoms with E-state index in [1.807, 2.05) is 55.4 Å². The second kappa shape index (κ2) is 5.32. The first kappa shape index (κ1) is 13.2. The van der Waals surface area contributed by atoms with Crippen LogP contribution in [0.15, 0.2) is 46.9 Å². The molecule has 106 valence electrons. The molecule has 0 atom stereocenters. The van der Waals surface area contributed by atoms with Crippen molar-refractivity contribution in [2.75, 3.05) is 19.0 Å². The first-order valence-electron chi connectivity index (χ1n) is 6.67. The van der Waals surface area contributed by atoms with E-state index in [9.17, 15) is 5.11 Å². The summed E-state index contributed by atoms with van der Waals surface area (Å²) < 4.78 is 5.60. The number of hydrogen-bond acceptors (Lipinski definition) is 4. The van der Waals surface area contributed by atoms with Crippen LogP contribution in [0.2, 0.25) is 0 Å². The fourth-order valence-corrected chi connectivity index (χ4v) is 2.07. The maximum atomic E-state index is 10.0. The van der Waals surface area contributed by atoms with Crippen molar-refractivity contribution in [2.45, 2.75) is 0 Å². The van der Waals surface area contributed by atoms with Gasteiger partial charge in [-0.1, -0.05) is 12.1 Å². The van der Waals surface area contributed by atoms with Gasteiger partial charge in [0, 0.05) is 37.5 Å². The molecule has 21 heavy (non-hydrogen) atoms. The second-order valence-electron chi connectivity index (χ2n) is 4.99. The Hall–Kier alpha value is -2.75. The molecule has 0 aliphatic carbocycles. The minimum absolute atomic E-state index is 0.230. The van der Waals surface area contributed by atoms with Crippen molar-refractivity contribution in [3.63, 3.8) is 0 Å². The number of nitrogens with zero attached hydrogens (tertiary/aromatic N) is 2. The molecule has 3 aromatic rings. The van der Waals surface area contributed by atoms with Crippen molar-refractivity contribution in [1.82, 2.24) is 4.98 Å². The highest BCUT2D eigenvalue weighted by atomic mass is 16.3. The molecule has 0 fully saturated rings. The molecule has 2 aromatic carbocycles. The summed E-state index contributed by atoms with van der Waals surface area (Å²) in [7, 11) is 3.87. The third-order valence-electron chi connectivity index (χ3n) is 3.25. The lowest BCUT2D eigenvalue weighted by Gasteiger charge is -2.13. The third-order valence-corrected chi connectivity index (χ3v) is 3.25. The second-order valence-corrected chi connectivity index (χ2v) is 4.99. The van der Waals surface area contributed by atoms with Gasteiger partial charge in [0.25, 0.3) is 0 Å². The molecule has 3 rings (SSSR count). The molecule has 4 nitrogen and oxygen atoms in total. The van der Waals surface area contributed by atoms with Gasteiger partial charge in [-0.05, 0) is 30.3 Å². The normalized spacial score (nSPS) is 11.3. The number of benzene rings is 2. The predicted molar refractivity (Wildman–Crippen MR) is 85.4 cm³/mol. The number of aromatic hydroxyl groups is 1. The van der Waals surface area contributed by atoms with Gasteiger partial charge < -0.3 is 14.4 Å². The number of aromatic nitrogens is 1. The van der Waals surface area contributed by atoms with Crippen LogP contribution < -0.4 is 4.90 Å². The minimum Gasteiger partial charge on any atom is -0.507 e. The Balaban J connectivity index is 1.88. The summed E-state index contributed by atoms with van der Waals surface area (Å²) in [5.74, 6) is 0.751. The van der Waals surface area contributed by atoms with E-state index in [0.29, 0.717) is 5.89 Å². The first-order chi connectivity index (χ1) is 10.1. The monoisotopic (exact) mass is 280 g/mol. The Morgan fingerprint density at radius 1 is 1.10 bits per heavy atom. The van der Waals surface area contributed by atoms with Crippen LogP contribution in [-0.2, 0) is 0 Å². The largest absolute Gasteiger partial charge is 0.507 e. The van der Waals surface area contributed by atoms with Gasteiger partial charge in [-0.2, -0.15) is 0 Å². The van der Waals surface area contributed by atoms with Gasteiger partial charge in [0.2, 0.25) is 5.89 Å². The predicted octanol–water partition coefficient (Wildman–Crippen LogP) is 3.77. The Kier molecular flexibility index (Phi) is 3.36. The lowest BCUT2D eigenvalue weighted by Crippen LogP contribution is -2.08. The summed E-state index contributed by atoms with van der Waals surface area (Å²) in [5.41, 5.74) is 3.25. The molecule has 4 heteroatoms. The smallest absolute Gasteiger partial charge is 0.220 e. The molecule has 0 amide bonds. The van der Waals surface area contributed by atoms with Crippen molar-refractivity contribution in [2.24, 2.45) is 0 Å². The Morgan fingerprint density at radius 3 is 2.62 bits per heavy atom. The molecule has 0 radical (unpaired) electrons. The SMILES string of the molecule is CN(C)c1ccc(C=Cc2nc3ccccc3o2)c(O)c1. The molecule has 0 saturated heterocycles. The molecule has 1 heterocycles. The van der Waals surface area contributed by atoms with Gasteiger partial charge in [-0.3, -0.25) is 0 Å². The number of para-hydroxylation sites is 2. The summed E-state index contributed by atoms with van der Waals surface area (Å²) in [5, 5.41) is 10.0. The summed E-state index contributed by atoms with van der Waals surface area (Å²) in [4.78, 5) is 6.30. The fraction of sp³-hybridized carbons (Fsp3) is 0.118. The van der Waals surface area contributed by atoms with E-state index in [1.54, 1.807) is 18.2 Å². The van der Waals surface area contributed by atoms with Crippen molar-refractivity contribution < 1.29 is 9.52 Å². The fourth-order valence-electron chi connectivity index (χ4n) is 2.07. The maximum absolute atomic E-state index is 10.0. The summed E-state index contributed by atoms with van der Waals surface area (Å²) in [6.07, 6.45) is 3.55. The van der Waals surface area contributed by atoms with E-state index < -0.39 is 0 Å². The highest BCUT2D eigenvalue weighted by Gasteiger charge is 2.04. The zero-order valence-corrected chi connectivity index (χ0v) is 11.9. The molecule has 1 N–H and O–H groups in total. The van der Waals surface area contributed by atoms with Crippen LogP contribution in [-0.4, -0.2) is 24.2 Å². The number of rotatable bonds is 3. The van der Waals surface area contributed by atoms with Crippen LogP contribution in [0.3, 0.4) is 0 Å². The van der Waals surface area contributed by atoms with Crippen LogP contribution >= 0.6 is 0 Å². The number of phenols is 1. The Morgan fingerprint density at radius 2 is 1.90 bits per heavy atom. The van der Waals surface area contributed by atoms with Crippen molar-refractivity contribution >= 4 is 28.9 Å². The van der Waals surface area contributed by atoms with Gasteiger partial charge in [-0.15, -0.1) is 0 Å². The van der Waals surface area contributed by atoms with Crippen LogP contribution in [0.4, 0.5) is 5.69 Å². The van der Waals surface area contributed by atoms with Crippen LogP contribution in [0.25, 0.3) is 23.3 Å². The van der Waals surface area contributed by atoms with E-state index in [-0.39, 0.29) is 5.75 Å². The Labute approximate surface area is 123 Å². The number of oxazole rings is 1. The topological polar surface area (TPSA) is 49.5 Å². The molecule has 0 unspecified atom stereocenters. The average Bonchev–Trinajstić information content (AvgIpc) is 2.88. The number of fused-ring (bicyclic) bond motifs is 1. The highest BCUT2D eigenvalue weighted by molar-refractivity contribution is 5.77. The van der Waals surface area contributed by atoms with Crippen molar-refractivity contribution in [3.05, 3.63) is 53.9 Å². The summed E-state index contributed by atoms with van der Waals surface area (Å²) in [6, 6.07) is 13.2. The van der Waals surface area contributed by atoms with Gasteiger partial charge in [-0.25, -0.2) is 4.98 Å². The van der Waals surface area contributed by atoms with E-state index in [0.717, 1.165) is 22.4 Å². The summed E-state index contributed by atoms with van der Waals surface area (Å²) >= 11 is 0. The standard InChI is InChI=1S/C17H16N2O2/c1-19(2)13-9-7-12(15(20)11-13)8-10-17-18-14-5-3-4-6-16(14)21-17/h3-11,20H,1-2H3. The molecule has 1 aromatic heterocycles. The summed E-state index contributed by atoms with van der Waals surface area (Å²) in [6.45, 7) is 0. The molecule has 0 spiro atoms. The zero-order chi connectivity index (χ0) is 14.8. The minimum atomic E-state index is 0.230. The zero-order valence-electron chi connectivity index (χ0n) is 11.9. The third kappa shape index (κ3) is 2.74. The van der Waals surface area contributed by atoms with Crippen molar-refractivity contribution in [1.29, 1.82) is 0 Å². The van der Waals surface area contributed by atoms with E-state index in [1.165, 1.54) is 0 Å². The maximum Gasteiger partial charge on any atom is 0.220 e. The molecular weight excluding hydrogens is 264 g/mol. The van der Waals surface area contributed by atoms with Crippen molar-refractivity contribution in [3.8, 4) is 5.75 Å². The molecule has 0 aliphatic rings. The molecule has 0 saturated carbocycles. The lowest BCUT2D eigenvalue weighted by molar-refractivity contribution is 0.474. The quantitative estimate of drug-likeness (QED) is 0.793. The molecular formula is C17H16N2O2. The lowest BCUT2D eigenvalue weighted by atomic mass is 10.1. The average molecular weight is 280 g/mol. The van der Waals surface area contributed by atoms with E-state index in [4.69, 9.17) is 4.42 Å². The van der Waals surface area contributed by atoms with Gasteiger partial charge in [0.05, 0.1) is 0 Å². The van der Waals surface area contributed by atoms with Gasteiger partial charge in [0.1, 0.15) is 11.3 Å². The Bertz CT molecular complexity index is 770.